The summed E-state index contributed by atoms with van der Waals surface area (Å²) in [5.41, 5.74) is 3.00. The second-order valence-corrected chi connectivity index (χ2v) is 11.0. The van der Waals surface area contributed by atoms with Gasteiger partial charge in [-0.2, -0.15) is 0 Å². The minimum atomic E-state index is -0.208. The summed E-state index contributed by atoms with van der Waals surface area (Å²) in [6.07, 6.45) is 9.09. The molecule has 2 fully saturated rings. The van der Waals surface area contributed by atoms with E-state index in [0.29, 0.717) is 35.0 Å². The first-order valence-electron chi connectivity index (χ1n) is 13.0. The summed E-state index contributed by atoms with van der Waals surface area (Å²) in [7, 11) is 0. The number of aromatic nitrogens is 1. The van der Waals surface area contributed by atoms with Gasteiger partial charge in [0.05, 0.1) is 16.7 Å². The van der Waals surface area contributed by atoms with E-state index in [4.69, 9.17) is 23.2 Å². The highest BCUT2D eigenvalue weighted by atomic mass is 35.5. The van der Waals surface area contributed by atoms with Crippen LogP contribution < -0.4 is 0 Å². The van der Waals surface area contributed by atoms with E-state index in [1.165, 1.54) is 11.6 Å². The highest BCUT2D eigenvalue weighted by Gasteiger charge is 2.34. The van der Waals surface area contributed by atoms with E-state index < -0.39 is 0 Å². The Labute approximate surface area is 226 Å². The number of nitrogens with one attached hydrogen (secondary N) is 1. The fraction of sp³-hybridized carbons (Fsp3) is 0.414. The van der Waals surface area contributed by atoms with Gasteiger partial charge in [-0.1, -0.05) is 29.3 Å². The standard InChI is InChI=1S/C29H32Cl2FN3O2/c30-25-4-1-19(15-26(25)31)2-6-29(37)35-13-9-21(10-14-35)28(18-36)34-11-7-20(8-12-34)24-17-33-27-5-3-22(32)16-23(24)27/h1-6,15-17,20-21,28,33,36H,7-14,18H2/b6-2+. The lowest BCUT2D eigenvalue weighted by Gasteiger charge is -2.43. The molecule has 3 heterocycles. The van der Waals surface area contributed by atoms with Crippen molar-refractivity contribution in [3.05, 3.63) is 75.7 Å². The molecule has 2 saturated heterocycles. The fourth-order valence-electron chi connectivity index (χ4n) is 5.95. The third-order valence-electron chi connectivity index (χ3n) is 8.06. The van der Waals surface area contributed by atoms with Crippen LogP contribution in [0, 0.1) is 11.7 Å². The normalized spacial score (nSPS) is 19.2. The van der Waals surface area contributed by atoms with Gasteiger partial charge in [0.2, 0.25) is 5.91 Å². The molecule has 1 amide bonds. The van der Waals surface area contributed by atoms with Crippen molar-refractivity contribution < 1.29 is 14.3 Å². The van der Waals surface area contributed by atoms with Crippen molar-refractivity contribution in [2.75, 3.05) is 32.8 Å². The summed E-state index contributed by atoms with van der Waals surface area (Å²) in [5.74, 6) is 0.515. The van der Waals surface area contributed by atoms with Gasteiger partial charge in [0.25, 0.3) is 0 Å². The number of fused-ring (bicyclic) bond motifs is 1. The molecule has 5 nitrogen and oxygen atoms in total. The molecule has 0 saturated carbocycles. The number of carbonyl (C=O) groups is 1. The van der Waals surface area contributed by atoms with E-state index >= 15 is 0 Å². The third-order valence-corrected chi connectivity index (χ3v) is 8.80. The molecule has 2 aliphatic heterocycles. The second kappa shape index (κ2) is 11.6. The average Bonchev–Trinajstić information content (AvgIpc) is 3.33. The lowest BCUT2D eigenvalue weighted by molar-refractivity contribution is -0.127. The molecule has 37 heavy (non-hydrogen) atoms. The van der Waals surface area contributed by atoms with Crippen molar-refractivity contribution in [2.45, 2.75) is 37.6 Å². The van der Waals surface area contributed by atoms with Crippen LogP contribution in [0.15, 0.2) is 48.7 Å². The van der Waals surface area contributed by atoms with Gasteiger partial charge in [-0.25, -0.2) is 4.39 Å². The van der Waals surface area contributed by atoms with Crippen molar-refractivity contribution >= 4 is 46.1 Å². The van der Waals surface area contributed by atoms with Crippen LogP contribution in [0.5, 0.6) is 0 Å². The number of piperidine rings is 2. The van der Waals surface area contributed by atoms with Gasteiger partial charge in [-0.05, 0) is 98.1 Å². The smallest absolute Gasteiger partial charge is 0.246 e. The molecule has 3 aromatic rings. The number of rotatable bonds is 6. The molecular weight excluding hydrogens is 512 g/mol. The van der Waals surface area contributed by atoms with E-state index in [0.717, 1.165) is 55.2 Å². The van der Waals surface area contributed by atoms with Gasteiger partial charge >= 0.3 is 0 Å². The Bertz CT molecular complexity index is 1280. The van der Waals surface area contributed by atoms with E-state index in [9.17, 15) is 14.3 Å². The number of aliphatic hydroxyl groups is 1. The summed E-state index contributed by atoms with van der Waals surface area (Å²) < 4.78 is 13.8. The number of likely N-dealkylation sites (tertiary alicyclic amines) is 2. The SMILES string of the molecule is O=C(/C=C/c1ccc(Cl)c(Cl)c1)N1CCC(C(CO)N2CCC(c3c[nH]c4ccc(F)cc34)CC2)CC1. The number of hydrogen-bond donors (Lipinski definition) is 2. The van der Waals surface area contributed by atoms with E-state index in [2.05, 4.69) is 9.88 Å². The maximum Gasteiger partial charge on any atom is 0.246 e. The number of aromatic amines is 1. The molecule has 1 unspecified atom stereocenters. The van der Waals surface area contributed by atoms with Crippen LogP contribution in [0.1, 0.15) is 42.7 Å². The molecule has 8 heteroatoms. The zero-order chi connectivity index (χ0) is 25.9. The van der Waals surface area contributed by atoms with Gasteiger partial charge in [0.15, 0.2) is 0 Å². The van der Waals surface area contributed by atoms with E-state index in [1.807, 2.05) is 17.2 Å². The maximum absolute atomic E-state index is 13.8. The Hall–Kier alpha value is -2.38. The lowest BCUT2D eigenvalue weighted by Crippen LogP contribution is -2.50. The minimum Gasteiger partial charge on any atom is -0.395 e. The summed E-state index contributed by atoms with van der Waals surface area (Å²) in [4.78, 5) is 20.3. The van der Waals surface area contributed by atoms with E-state index in [-0.39, 0.29) is 24.4 Å². The predicted molar refractivity (Wildman–Crippen MR) is 147 cm³/mol. The fourth-order valence-corrected chi connectivity index (χ4v) is 6.26. The predicted octanol–water partition coefficient (Wildman–Crippen LogP) is 6.11. The quantitative estimate of drug-likeness (QED) is 0.369. The summed E-state index contributed by atoms with van der Waals surface area (Å²) in [6, 6.07) is 10.3. The zero-order valence-corrected chi connectivity index (χ0v) is 22.2. The van der Waals surface area contributed by atoms with Crippen LogP contribution in [0.2, 0.25) is 10.0 Å². The first-order valence-corrected chi connectivity index (χ1v) is 13.7. The Morgan fingerprint density at radius 2 is 1.81 bits per heavy atom. The summed E-state index contributed by atoms with van der Waals surface area (Å²) >= 11 is 12.0. The van der Waals surface area contributed by atoms with Gasteiger partial charge in [0, 0.05) is 42.3 Å². The molecular formula is C29H32Cl2FN3O2. The van der Waals surface area contributed by atoms with Crippen molar-refractivity contribution in [3.63, 3.8) is 0 Å². The number of aliphatic hydroxyl groups excluding tert-OH is 1. The molecule has 2 aromatic carbocycles. The third kappa shape index (κ3) is 5.88. The molecule has 5 rings (SSSR count). The van der Waals surface area contributed by atoms with Crippen molar-refractivity contribution in [2.24, 2.45) is 5.92 Å². The average molecular weight is 544 g/mol. The molecule has 1 aromatic heterocycles. The topological polar surface area (TPSA) is 59.6 Å². The van der Waals surface area contributed by atoms with Crippen LogP contribution in [-0.4, -0.2) is 64.6 Å². The van der Waals surface area contributed by atoms with Crippen LogP contribution >= 0.6 is 23.2 Å². The largest absolute Gasteiger partial charge is 0.395 e. The van der Waals surface area contributed by atoms with Gasteiger partial charge in [-0.15, -0.1) is 0 Å². The molecule has 0 spiro atoms. The molecule has 2 aliphatic rings. The van der Waals surface area contributed by atoms with Crippen molar-refractivity contribution in [1.82, 2.24) is 14.8 Å². The molecule has 1 atom stereocenters. The Morgan fingerprint density at radius 1 is 1.05 bits per heavy atom. The highest BCUT2D eigenvalue weighted by molar-refractivity contribution is 6.42. The molecule has 196 valence electrons. The molecule has 0 bridgehead atoms. The number of amides is 1. The lowest BCUT2D eigenvalue weighted by atomic mass is 9.84. The number of nitrogens with zero attached hydrogens (tertiary/aromatic N) is 2. The summed E-state index contributed by atoms with van der Waals surface area (Å²) in [6.45, 7) is 3.30. The molecule has 0 aliphatic carbocycles. The van der Waals surface area contributed by atoms with Crippen molar-refractivity contribution in [1.29, 1.82) is 0 Å². The monoisotopic (exact) mass is 543 g/mol. The van der Waals surface area contributed by atoms with Crippen LogP contribution in [0.3, 0.4) is 0 Å². The van der Waals surface area contributed by atoms with Crippen LogP contribution in [0.4, 0.5) is 4.39 Å². The molecule has 0 radical (unpaired) electrons. The minimum absolute atomic E-state index is 0.0129. The molecule has 2 N–H and O–H groups in total. The summed E-state index contributed by atoms with van der Waals surface area (Å²) in [5, 5.41) is 12.2. The van der Waals surface area contributed by atoms with Crippen molar-refractivity contribution in [3.8, 4) is 0 Å². The number of halogens is 3. The first-order chi connectivity index (χ1) is 17.9. The Balaban J connectivity index is 1.14. The van der Waals surface area contributed by atoms with Gasteiger partial charge in [0.1, 0.15) is 5.82 Å². The Morgan fingerprint density at radius 3 is 2.51 bits per heavy atom. The number of benzene rings is 2. The first kappa shape index (κ1) is 26.2. The van der Waals surface area contributed by atoms with Crippen LogP contribution in [0.25, 0.3) is 17.0 Å². The van der Waals surface area contributed by atoms with E-state index in [1.54, 1.807) is 36.4 Å². The number of H-pyrrole nitrogens is 1. The van der Waals surface area contributed by atoms with Gasteiger partial charge < -0.3 is 15.0 Å². The van der Waals surface area contributed by atoms with Crippen LogP contribution in [-0.2, 0) is 4.79 Å². The second-order valence-electron chi connectivity index (χ2n) is 10.2. The zero-order valence-electron chi connectivity index (χ0n) is 20.7. The highest BCUT2D eigenvalue weighted by Crippen LogP contribution is 2.35. The number of carbonyl (C=O) groups excluding carboxylic acids is 1. The Kier molecular flexibility index (Phi) is 8.20. The van der Waals surface area contributed by atoms with Gasteiger partial charge in [-0.3, -0.25) is 9.69 Å². The number of hydrogen-bond acceptors (Lipinski definition) is 3. The maximum atomic E-state index is 13.8.